The number of halogens is 2. The van der Waals surface area contributed by atoms with Gasteiger partial charge < -0.3 is 20.7 Å². The van der Waals surface area contributed by atoms with Crippen LogP contribution in [0.2, 0.25) is 0 Å². The van der Waals surface area contributed by atoms with Crippen molar-refractivity contribution in [2.24, 2.45) is 5.73 Å². The van der Waals surface area contributed by atoms with E-state index in [1.54, 1.807) is 0 Å². The van der Waals surface area contributed by atoms with E-state index in [9.17, 15) is 13.6 Å². The van der Waals surface area contributed by atoms with Gasteiger partial charge in [0, 0.05) is 19.2 Å². The molecule has 114 valence electrons. The quantitative estimate of drug-likeness (QED) is 0.798. The second kappa shape index (κ2) is 6.31. The minimum atomic E-state index is -0.811. The van der Waals surface area contributed by atoms with E-state index in [4.69, 9.17) is 22.7 Å². The third-order valence-corrected chi connectivity index (χ3v) is 3.50. The van der Waals surface area contributed by atoms with Gasteiger partial charge in [0.1, 0.15) is 28.4 Å². The maximum Gasteiger partial charge on any atom is 0.244 e. The first-order valence-electron chi connectivity index (χ1n) is 6.30. The molecule has 8 heteroatoms. The standard InChI is InChI=1S/C13H15F2N3O2S/c1-17-13(19)10-6-20-3-2-18(10)11-8(14)4-7(12(16)21)5-9(11)15/h4-5,10H,2-3,6H2,1H3,(H2,16,21)(H,17,19). The van der Waals surface area contributed by atoms with Gasteiger partial charge in [-0.3, -0.25) is 4.79 Å². The van der Waals surface area contributed by atoms with Gasteiger partial charge in [0.05, 0.1) is 13.2 Å². The predicted octanol–water partition coefficient (Wildman–Crippen LogP) is 0.550. The van der Waals surface area contributed by atoms with Crippen molar-refractivity contribution in [1.82, 2.24) is 5.32 Å². The highest BCUT2D eigenvalue weighted by Crippen LogP contribution is 2.28. The summed E-state index contributed by atoms with van der Waals surface area (Å²) in [5.41, 5.74) is 5.21. The summed E-state index contributed by atoms with van der Waals surface area (Å²) in [6.45, 7) is 0.553. The summed E-state index contributed by atoms with van der Waals surface area (Å²) in [5.74, 6) is -1.99. The molecular formula is C13H15F2N3O2S. The lowest BCUT2D eigenvalue weighted by Gasteiger charge is -2.36. The molecule has 0 aromatic heterocycles. The molecular weight excluding hydrogens is 300 g/mol. The van der Waals surface area contributed by atoms with Crippen LogP contribution in [0, 0.1) is 11.6 Å². The van der Waals surface area contributed by atoms with Crippen LogP contribution in [0.1, 0.15) is 5.56 Å². The molecule has 1 atom stereocenters. The van der Waals surface area contributed by atoms with Crippen LogP contribution in [0.15, 0.2) is 12.1 Å². The third-order valence-electron chi connectivity index (χ3n) is 3.27. The average Bonchev–Trinajstić information content (AvgIpc) is 2.46. The van der Waals surface area contributed by atoms with Crippen LogP contribution in [0.25, 0.3) is 0 Å². The van der Waals surface area contributed by atoms with Crippen molar-refractivity contribution < 1.29 is 18.3 Å². The van der Waals surface area contributed by atoms with Crippen molar-refractivity contribution in [3.63, 3.8) is 0 Å². The van der Waals surface area contributed by atoms with Crippen LogP contribution in [-0.4, -0.2) is 43.7 Å². The fourth-order valence-corrected chi connectivity index (χ4v) is 2.36. The highest BCUT2D eigenvalue weighted by Gasteiger charge is 2.32. The smallest absolute Gasteiger partial charge is 0.244 e. The van der Waals surface area contributed by atoms with E-state index >= 15 is 0 Å². The van der Waals surface area contributed by atoms with Crippen LogP contribution in [0.3, 0.4) is 0 Å². The van der Waals surface area contributed by atoms with Crippen LogP contribution in [0.4, 0.5) is 14.5 Å². The average molecular weight is 315 g/mol. The molecule has 0 spiro atoms. The van der Waals surface area contributed by atoms with E-state index in [0.29, 0.717) is 0 Å². The molecule has 1 aliphatic heterocycles. The molecule has 0 bridgehead atoms. The van der Waals surface area contributed by atoms with Crippen LogP contribution >= 0.6 is 12.2 Å². The topological polar surface area (TPSA) is 67.6 Å². The zero-order valence-corrected chi connectivity index (χ0v) is 12.2. The van der Waals surface area contributed by atoms with Gasteiger partial charge >= 0.3 is 0 Å². The maximum atomic E-state index is 14.2. The van der Waals surface area contributed by atoms with Gasteiger partial charge in [0.25, 0.3) is 0 Å². The number of ether oxygens (including phenoxy) is 1. The SMILES string of the molecule is CNC(=O)C1COCCN1c1c(F)cc(C(N)=S)cc1F. The number of hydrogen-bond donors (Lipinski definition) is 2. The lowest BCUT2D eigenvalue weighted by atomic mass is 10.1. The second-order valence-corrected chi connectivity index (χ2v) is 4.99. The fraction of sp³-hybridized carbons (Fsp3) is 0.385. The van der Waals surface area contributed by atoms with Gasteiger partial charge in [-0.2, -0.15) is 0 Å². The number of benzene rings is 1. The number of hydrogen-bond acceptors (Lipinski definition) is 4. The first-order chi connectivity index (χ1) is 9.95. The molecule has 2 rings (SSSR count). The minimum absolute atomic E-state index is 0.0651. The summed E-state index contributed by atoms with van der Waals surface area (Å²) in [7, 11) is 1.46. The highest BCUT2D eigenvalue weighted by molar-refractivity contribution is 7.80. The number of morpholine rings is 1. The number of rotatable bonds is 3. The molecule has 1 aromatic carbocycles. The van der Waals surface area contributed by atoms with Crippen molar-refractivity contribution >= 4 is 28.8 Å². The van der Waals surface area contributed by atoms with Crippen LogP contribution in [-0.2, 0) is 9.53 Å². The zero-order chi connectivity index (χ0) is 15.6. The molecule has 1 aliphatic rings. The Morgan fingerprint density at radius 2 is 2.10 bits per heavy atom. The Morgan fingerprint density at radius 1 is 1.48 bits per heavy atom. The molecule has 1 saturated heterocycles. The number of carbonyl (C=O) groups excluding carboxylic acids is 1. The summed E-state index contributed by atoms with van der Waals surface area (Å²) in [6.07, 6.45) is 0. The predicted molar refractivity (Wildman–Crippen MR) is 78.3 cm³/mol. The number of nitrogens with two attached hydrogens (primary N) is 1. The molecule has 1 unspecified atom stereocenters. The fourth-order valence-electron chi connectivity index (χ4n) is 2.24. The summed E-state index contributed by atoms with van der Waals surface area (Å²) in [6, 6.07) is 1.34. The van der Waals surface area contributed by atoms with Gasteiger partial charge in [-0.1, -0.05) is 12.2 Å². The molecule has 0 saturated carbocycles. The Labute approximate surface area is 126 Å². The minimum Gasteiger partial charge on any atom is -0.389 e. The Balaban J connectivity index is 2.43. The van der Waals surface area contributed by atoms with Crippen molar-refractivity contribution in [3.8, 4) is 0 Å². The van der Waals surface area contributed by atoms with Gasteiger partial charge in [0.2, 0.25) is 5.91 Å². The maximum absolute atomic E-state index is 14.2. The van der Waals surface area contributed by atoms with Crippen molar-refractivity contribution in [2.45, 2.75) is 6.04 Å². The van der Waals surface area contributed by atoms with E-state index in [1.165, 1.54) is 11.9 Å². The molecule has 0 radical (unpaired) electrons. The third kappa shape index (κ3) is 3.11. The number of thiocarbonyl (C=S) groups is 1. The number of anilines is 1. The summed E-state index contributed by atoms with van der Waals surface area (Å²) in [4.78, 5) is 13.1. The molecule has 21 heavy (non-hydrogen) atoms. The molecule has 1 aromatic rings. The van der Waals surface area contributed by atoms with Crippen LogP contribution < -0.4 is 16.0 Å². The Hall–Kier alpha value is -1.80. The molecule has 3 N–H and O–H groups in total. The van der Waals surface area contributed by atoms with Crippen molar-refractivity contribution in [2.75, 3.05) is 31.7 Å². The number of carbonyl (C=O) groups is 1. The first kappa shape index (κ1) is 15.6. The van der Waals surface area contributed by atoms with Crippen molar-refractivity contribution in [3.05, 3.63) is 29.3 Å². The Bertz CT molecular complexity index is 560. The van der Waals surface area contributed by atoms with Gasteiger partial charge in [-0.15, -0.1) is 0 Å². The molecule has 1 heterocycles. The molecule has 1 amide bonds. The highest BCUT2D eigenvalue weighted by atomic mass is 32.1. The zero-order valence-electron chi connectivity index (χ0n) is 11.4. The number of nitrogens with zero attached hydrogens (tertiary/aromatic N) is 1. The number of amides is 1. The van der Waals surface area contributed by atoms with Gasteiger partial charge in [0.15, 0.2) is 0 Å². The second-order valence-electron chi connectivity index (χ2n) is 4.55. The number of nitrogens with one attached hydrogen (secondary N) is 1. The van der Waals surface area contributed by atoms with E-state index in [0.717, 1.165) is 12.1 Å². The van der Waals surface area contributed by atoms with E-state index < -0.39 is 17.7 Å². The summed E-state index contributed by atoms with van der Waals surface area (Å²) >= 11 is 4.71. The molecule has 0 aliphatic carbocycles. The monoisotopic (exact) mass is 315 g/mol. The molecule has 1 fully saturated rings. The van der Waals surface area contributed by atoms with E-state index in [2.05, 4.69) is 5.32 Å². The Morgan fingerprint density at radius 3 is 2.62 bits per heavy atom. The molecule has 5 nitrogen and oxygen atoms in total. The first-order valence-corrected chi connectivity index (χ1v) is 6.71. The van der Waals surface area contributed by atoms with Gasteiger partial charge in [-0.05, 0) is 12.1 Å². The Kier molecular flexibility index (Phi) is 4.69. The summed E-state index contributed by atoms with van der Waals surface area (Å²) in [5, 5.41) is 2.46. The number of likely N-dealkylation sites (N-methyl/N-ethyl adjacent to an activating group) is 1. The van der Waals surface area contributed by atoms with E-state index in [1.807, 2.05) is 0 Å². The largest absolute Gasteiger partial charge is 0.389 e. The lowest BCUT2D eigenvalue weighted by molar-refractivity contribution is -0.124. The van der Waals surface area contributed by atoms with Crippen molar-refractivity contribution in [1.29, 1.82) is 0 Å². The van der Waals surface area contributed by atoms with Crippen LogP contribution in [0.5, 0.6) is 0 Å². The van der Waals surface area contributed by atoms with Gasteiger partial charge in [-0.25, -0.2) is 8.78 Å². The summed E-state index contributed by atoms with van der Waals surface area (Å²) < 4.78 is 33.7. The lowest BCUT2D eigenvalue weighted by Crippen LogP contribution is -2.54. The van der Waals surface area contributed by atoms with E-state index in [-0.39, 0.29) is 41.9 Å². The normalized spacial score (nSPS) is 18.4.